The first-order valence-corrected chi connectivity index (χ1v) is 10.9. The molecule has 176 valence electrons. The quantitative estimate of drug-likeness (QED) is 0.619. The van der Waals surface area contributed by atoms with Gasteiger partial charge in [0, 0.05) is 31.5 Å². The molecule has 0 aromatic carbocycles. The van der Waals surface area contributed by atoms with Crippen molar-refractivity contribution in [3.63, 3.8) is 0 Å². The number of furan rings is 1. The van der Waals surface area contributed by atoms with E-state index in [9.17, 15) is 19.6 Å². The smallest absolute Gasteiger partial charge is 0.322 e. The van der Waals surface area contributed by atoms with Crippen molar-refractivity contribution in [2.24, 2.45) is 4.99 Å². The van der Waals surface area contributed by atoms with E-state index in [1.807, 2.05) is 25.1 Å². The summed E-state index contributed by atoms with van der Waals surface area (Å²) in [7, 11) is 1.60. The topological polar surface area (TPSA) is 137 Å². The van der Waals surface area contributed by atoms with E-state index < -0.39 is 17.5 Å². The van der Waals surface area contributed by atoms with Gasteiger partial charge in [-0.2, -0.15) is 5.26 Å². The van der Waals surface area contributed by atoms with Gasteiger partial charge in [0.05, 0.1) is 12.6 Å². The number of hydrogen-bond acceptors (Lipinski definition) is 7. The lowest BCUT2D eigenvalue weighted by Gasteiger charge is -2.29. The molecule has 0 radical (unpaired) electrons. The average Bonchev–Trinajstić information content (AvgIpc) is 3.41. The molecule has 1 fully saturated rings. The van der Waals surface area contributed by atoms with Gasteiger partial charge in [-0.15, -0.1) is 0 Å². The van der Waals surface area contributed by atoms with Crippen molar-refractivity contribution in [1.82, 2.24) is 15.5 Å². The summed E-state index contributed by atoms with van der Waals surface area (Å²) in [4.78, 5) is 43.9. The highest BCUT2D eigenvalue weighted by Gasteiger charge is 2.53. The summed E-state index contributed by atoms with van der Waals surface area (Å²) in [5.41, 5.74) is 0.715. The Balaban J connectivity index is 1.68. The molecule has 0 aliphatic carbocycles. The Morgan fingerprint density at radius 3 is 2.88 bits per heavy atom. The third-order valence-corrected chi connectivity index (χ3v) is 6.18. The standard InChI is InChI=1S/C24H25N5O5/c1-14(33-3)6-7-17-12-29(21(30)15(17)2)13-24(22(31)27-23(32)28-24)20-9-16-5-4-8-26-18(11-25)10-19(16)34-20/h6-10,14H,4-5,12-13H2,1-3H3,(H2,27,28,31,32)/b7-6-,18-10-,26-8?/t14?,24-/m0/s1. The minimum absolute atomic E-state index is 0.115. The van der Waals surface area contributed by atoms with Gasteiger partial charge >= 0.3 is 6.03 Å². The Bertz CT molecular complexity index is 1210. The van der Waals surface area contributed by atoms with Gasteiger partial charge in [0.2, 0.25) is 5.91 Å². The van der Waals surface area contributed by atoms with Gasteiger partial charge in [0.15, 0.2) is 5.54 Å². The second-order valence-corrected chi connectivity index (χ2v) is 8.42. The maximum atomic E-state index is 13.1. The number of allylic oxidation sites excluding steroid dienone is 1. The molecule has 3 aliphatic rings. The van der Waals surface area contributed by atoms with Crippen LogP contribution in [0.25, 0.3) is 6.08 Å². The Morgan fingerprint density at radius 1 is 1.41 bits per heavy atom. The summed E-state index contributed by atoms with van der Waals surface area (Å²) in [5, 5.41) is 14.2. The van der Waals surface area contributed by atoms with Crippen LogP contribution in [-0.2, 0) is 26.3 Å². The number of methoxy groups -OCH3 is 1. The molecule has 10 heteroatoms. The molecular weight excluding hydrogens is 438 g/mol. The van der Waals surface area contributed by atoms with Crippen LogP contribution in [0.1, 0.15) is 37.4 Å². The lowest BCUT2D eigenvalue weighted by atomic mass is 9.94. The van der Waals surface area contributed by atoms with Crippen molar-refractivity contribution in [3.8, 4) is 6.07 Å². The fourth-order valence-electron chi connectivity index (χ4n) is 4.12. The minimum atomic E-state index is -1.60. The van der Waals surface area contributed by atoms with Gasteiger partial charge < -0.3 is 19.4 Å². The predicted octanol–water partition coefficient (Wildman–Crippen LogP) is 1.95. The normalized spacial score (nSPS) is 24.9. The van der Waals surface area contributed by atoms with Gasteiger partial charge in [0.25, 0.3) is 5.91 Å². The van der Waals surface area contributed by atoms with Gasteiger partial charge in [-0.3, -0.25) is 14.9 Å². The van der Waals surface area contributed by atoms with Crippen LogP contribution in [0.2, 0.25) is 0 Å². The number of carbonyl (C=O) groups excluding carboxylic acids is 3. The fourth-order valence-corrected chi connectivity index (χ4v) is 4.12. The number of amides is 4. The van der Waals surface area contributed by atoms with E-state index in [-0.39, 0.29) is 36.6 Å². The maximum Gasteiger partial charge on any atom is 0.322 e. The molecule has 0 saturated carbocycles. The Labute approximate surface area is 196 Å². The maximum absolute atomic E-state index is 13.1. The molecule has 1 unspecified atom stereocenters. The lowest BCUT2D eigenvalue weighted by molar-refractivity contribution is -0.130. The fraction of sp³-hybridized carbons (Fsp3) is 0.375. The highest BCUT2D eigenvalue weighted by Crippen LogP contribution is 2.34. The van der Waals surface area contributed by atoms with Crippen LogP contribution >= 0.6 is 0 Å². The number of fused-ring (bicyclic) bond motifs is 1. The molecule has 1 aromatic rings. The monoisotopic (exact) mass is 463 g/mol. The molecule has 4 heterocycles. The largest absolute Gasteiger partial charge is 0.458 e. The highest BCUT2D eigenvalue weighted by molar-refractivity contribution is 6.08. The Morgan fingerprint density at radius 2 is 2.21 bits per heavy atom. The number of rotatable bonds is 6. The molecular formula is C24H25N5O5. The van der Waals surface area contributed by atoms with E-state index in [0.717, 1.165) is 11.1 Å². The molecule has 0 bridgehead atoms. The number of imide groups is 1. The second kappa shape index (κ2) is 9.11. The summed E-state index contributed by atoms with van der Waals surface area (Å²) in [6.07, 6.45) is 7.90. The van der Waals surface area contributed by atoms with Crippen LogP contribution in [0.3, 0.4) is 0 Å². The number of urea groups is 1. The van der Waals surface area contributed by atoms with Crippen LogP contribution < -0.4 is 10.6 Å². The zero-order valence-corrected chi connectivity index (χ0v) is 19.2. The molecule has 2 atom stereocenters. The summed E-state index contributed by atoms with van der Waals surface area (Å²) in [6.45, 7) is 3.77. The second-order valence-electron chi connectivity index (χ2n) is 8.42. The molecule has 4 amide bonds. The van der Waals surface area contributed by atoms with E-state index in [0.29, 0.717) is 24.2 Å². The molecule has 3 aliphatic heterocycles. The van der Waals surface area contributed by atoms with Crippen LogP contribution in [-0.4, -0.2) is 55.3 Å². The number of hydrogen-bond donors (Lipinski definition) is 2. The molecule has 34 heavy (non-hydrogen) atoms. The first-order valence-electron chi connectivity index (χ1n) is 10.9. The Kier molecular flexibility index (Phi) is 6.22. The van der Waals surface area contributed by atoms with Crippen LogP contribution in [0.5, 0.6) is 0 Å². The van der Waals surface area contributed by atoms with Crippen molar-refractivity contribution in [2.75, 3.05) is 20.2 Å². The molecule has 1 saturated heterocycles. The molecule has 2 N–H and O–H groups in total. The van der Waals surface area contributed by atoms with Crippen LogP contribution in [0, 0.1) is 11.3 Å². The van der Waals surface area contributed by atoms with E-state index in [1.54, 1.807) is 26.3 Å². The van der Waals surface area contributed by atoms with Gasteiger partial charge in [-0.1, -0.05) is 12.2 Å². The van der Waals surface area contributed by atoms with Crippen molar-refractivity contribution in [3.05, 3.63) is 52.1 Å². The van der Waals surface area contributed by atoms with Crippen molar-refractivity contribution in [1.29, 1.82) is 5.26 Å². The first kappa shape index (κ1) is 23.2. The van der Waals surface area contributed by atoms with Gasteiger partial charge in [-0.25, -0.2) is 9.79 Å². The SMILES string of the molecule is COC(C)/C=C\C1=C(C)C(=O)N(C[C@@]2(c3cc4c(o3)/C=C(/C#N)N=CCC4)NC(=O)NC2=O)C1. The number of nitrogens with one attached hydrogen (secondary N) is 2. The third-order valence-electron chi connectivity index (χ3n) is 6.18. The number of aryl methyl sites for hydroxylation is 1. The predicted molar refractivity (Wildman–Crippen MR) is 122 cm³/mol. The van der Waals surface area contributed by atoms with Gasteiger partial charge in [-0.05, 0) is 43.9 Å². The van der Waals surface area contributed by atoms with E-state index >= 15 is 0 Å². The van der Waals surface area contributed by atoms with Crippen molar-refractivity contribution >= 4 is 30.1 Å². The van der Waals surface area contributed by atoms with Gasteiger partial charge in [0.1, 0.15) is 23.3 Å². The molecule has 0 spiro atoms. The molecule has 1 aromatic heterocycles. The van der Waals surface area contributed by atoms with Crippen molar-refractivity contribution in [2.45, 2.75) is 38.3 Å². The van der Waals surface area contributed by atoms with E-state index in [1.165, 1.54) is 11.0 Å². The number of carbonyl (C=O) groups is 3. The lowest BCUT2D eigenvalue weighted by Crippen LogP contribution is -2.53. The first-order chi connectivity index (χ1) is 16.3. The van der Waals surface area contributed by atoms with Crippen LogP contribution in [0.15, 0.2) is 44.5 Å². The zero-order valence-electron chi connectivity index (χ0n) is 19.2. The third kappa shape index (κ3) is 4.18. The average molecular weight is 463 g/mol. The highest BCUT2D eigenvalue weighted by atomic mass is 16.5. The van der Waals surface area contributed by atoms with Crippen molar-refractivity contribution < 1.29 is 23.5 Å². The Hall–Kier alpha value is -3.97. The number of nitrogens with zero attached hydrogens (tertiary/aromatic N) is 3. The number of aliphatic imine (C=N–C) groups is 1. The summed E-state index contributed by atoms with van der Waals surface area (Å²) in [6, 6.07) is 3.03. The number of nitriles is 1. The minimum Gasteiger partial charge on any atom is -0.458 e. The van der Waals surface area contributed by atoms with E-state index in [2.05, 4.69) is 15.6 Å². The zero-order chi connectivity index (χ0) is 24.5. The molecule has 10 nitrogen and oxygen atoms in total. The summed E-state index contributed by atoms with van der Waals surface area (Å²) in [5.74, 6) is -0.250. The summed E-state index contributed by atoms with van der Waals surface area (Å²) >= 11 is 0. The van der Waals surface area contributed by atoms with E-state index in [4.69, 9.17) is 9.15 Å². The summed E-state index contributed by atoms with van der Waals surface area (Å²) < 4.78 is 11.2. The van der Waals surface area contributed by atoms with Crippen LogP contribution in [0.4, 0.5) is 4.79 Å². The molecule has 4 rings (SSSR count). The number of ether oxygens (including phenoxy) is 1.